The summed E-state index contributed by atoms with van der Waals surface area (Å²) in [5, 5.41) is 1.69. The van der Waals surface area contributed by atoms with Crippen LogP contribution in [0, 0.1) is 5.82 Å². The van der Waals surface area contributed by atoms with Crippen LogP contribution in [0.1, 0.15) is 36.6 Å². The highest BCUT2D eigenvalue weighted by atomic mass is 35.5. The third kappa shape index (κ3) is 5.05. The summed E-state index contributed by atoms with van der Waals surface area (Å²) in [7, 11) is 0. The number of esters is 1. The Morgan fingerprint density at radius 2 is 1.83 bits per heavy atom. The number of halogens is 2. The maximum atomic E-state index is 14.0. The molecule has 0 saturated heterocycles. The van der Waals surface area contributed by atoms with Crippen molar-refractivity contribution in [2.75, 3.05) is 6.61 Å². The molecule has 0 saturated carbocycles. The summed E-state index contributed by atoms with van der Waals surface area (Å²) in [6.45, 7) is 4.26. The average molecular weight is 586 g/mol. The number of carbonyl (C=O) groups excluding carboxylic acids is 1. The number of allylic oxidation sites excluding steroid dienone is 1. The molecule has 0 spiro atoms. The van der Waals surface area contributed by atoms with Crippen molar-refractivity contribution in [2.45, 2.75) is 26.4 Å². The minimum atomic E-state index is -0.792. The highest BCUT2D eigenvalue weighted by molar-refractivity contribution is 7.07. The summed E-state index contributed by atoms with van der Waals surface area (Å²) in [6, 6.07) is 20.8. The van der Waals surface area contributed by atoms with E-state index in [2.05, 4.69) is 9.56 Å². The number of hydrogen-bond donors (Lipinski definition) is 0. The van der Waals surface area contributed by atoms with Crippen molar-refractivity contribution in [3.8, 4) is 0 Å². The highest BCUT2D eigenvalue weighted by Crippen LogP contribution is 2.31. The fraction of sp³-hybridized carbons (Fsp3) is 0.156. The smallest absolute Gasteiger partial charge is 0.338 e. The third-order valence-corrected chi connectivity index (χ3v) is 8.31. The summed E-state index contributed by atoms with van der Waals surface area (Å²) in [5.74, 6) is -0.961. The van der Waals surface area contributed by atoms with Crippen LogP contribution in [0.15, 0.2) is 100 Å². The number of rotatable bonds is 6. The normalized spacial score (nSPS) is 15.2. The first kappa shape index (κ1) is 26.9. The first-order chi connectivity index (χ1) is 19.8. The van der Waals surface area contributed by atoms with Gasteiger partial charge in [-0.2, -0.15) is 0 Å². The predicted octanol–water partition coefficient (Wildman–Crippen LogP) is 5.59. The maximum Gasteiger partial charge on any atom is 0.338 e. The van der Waals surface area contributed by atoms with Crippen LogP contribution in [0.5, 0.6) is 0 Å². The van der Waals surface area contributed by atoms with Gasteiger partial charge in [0.2, 0.25) is 0 Å². The van der Waals surface area contributed by atoms with E-state index in [0.29, 0.717) is 32.2 Å². The molecule has 6 nitrogen and oxygen atoms in total. The van der Waals surface area contributed by atoms with Gasteiger partial charge in [-0.25, -0.2) is 14.2 Å². The lowest BCUT2D eigenvalue weighted by atomic mass is 9.96. The zero-order chi connectivity index (χ0) is 28.7. The van der Waals surface area contributed by atoms with E-state index < -0.39 is 17.8 Å². The zero-order valence-electron chi connectivity index (χ0n) is 22.3. The molecule has 1 atom stereocenters. The van der Waals surface area contributed by atoms with E-state index in [1.807, 2.05) is 60.8 Å². The topological polar surface area (TPSA) is 65.6 Å². The molecule has 206 valence electrons. The van der Waals surface area contributed by atoms with Crippen LogP contribution in [0.25, 0.3) is 17.0 Å². The van der Waals surface area contributed by atoms with Crippen LogP contribution in [0.2, 0.25) is 5.02 Å². The standard InChI is InChI=1S/C32H25ClFN3O3S/c1-3-40-31(39)28-19(2)35-32-37(29(28)21-10-14-24(34)15-11-21)30(38)27(41-32)16-22-18-36(26-7-5-4-6-25(22)26)17-20-8-12-23(33)13-9-20/h4-16,18,29H,3,17H2,1-2H3/b27-16-/t29-/m0/s1. The molecule has 41 heavy (non-hydrogen) atoms. The predicted molar refractivity (Wildman–Crippen MR) is 159 cm³/mol. The molecular weight excluding hydrogens is 561 g/mol. The van der Waals surface area contributed by atoms with Crippen LogP contribution in [0.4, 0.5) is 4.39 Å². The number of para-hydroxylation sites is 1. The Kier molecular flexibility index (Phi) is 7.19. The monoisotopic (exact) mass is 585 g/mol. The SMILES string of the molecule is CCOC(=O)C1=C(C)N=c2s/c(=C\c3cn(Cc4ccc(Cl)cc4)c4ccccc34)c(=O)n2[C@H]1c1ccc(F)cc1. The minimum absolute atomic E-state index is 0.177. The van der Waals surface area contributed by atoms with Crippen molar-refractivity contribution in [3.63, 3.8) is 0 Å². The molecule has 1 aliphatic rings. The number of hydrogen-bond acceptors (Lipinski definition) is 5. The molecule has 3 aromatic carbocycles. The molecule has 2 aromatic heterocycles. The molecule has 0 N–H and O–H groups in total. The van der Waals surface area contributed by atoms with E-state index in [9.17, 15) is 14.0 Å². The molecule has 0 unspecified atom stereocenters. The molecule has 5 aromatic rings. The Morgan fingerprint density at radius 1 is 1.10 bits per heavy atom. The van der Waals surface area contributed by atoms with Crippen molar-refractivity contribution in [1.82, 2.24) is 9.13 Å². The quantitative estimate of drug-likeness (QED) is 0.244. The van der Waals surface area contributed by atoms with Crippen LogP contribution in [-0.4, -0.2) is 21.7 Å². The largest absolute Gasteiger partial charge is 0.463 e. The maximum absolute atomic E-state index is 14.0. The van der Waals surface area contributed by atoms with E-state index in [1.54, 1.807) is 26.0 Å². The van der Waals surface area contributed by atoms with Crippen molar-refractivity contribution in [3.05, 3.63) is 137 Å². The Labute approximate surface area is 243 Å². The van der Waals surface area contributed by atoms with E-state index >= 15 is 0 Å². The Balaban J connectivity index is 1.51. The van der Waals surface area contributed by atoms with E-state index in [1.165, 1.54) is 28.0 Å². The Hall–Kier alpha value is -4.27. The second kappa shape index (κ2) is 11.0. The number of nitrogens with zero attached hydrogens (tertiary/aromatic N) is 3. The van der Waals surface area contributed by atoms with Crippen LogP contribution >= 0.6 is 22.9 Å². The fourth-order valence-electron chi connectivity index (χ4n) is 5.20. The van der Waals surface area contributed by atoms with Gasteiger partial charge < -0.3 is 9.30 Å². The van der Waals surface area contributed by atoms with Gasteiger partial charge in [0.15, 0.2) is 4.80 Å². The Bertz CT molecular complexity index is 2000. The van der Waals surface area contributed by atoms with E-state index in [4.69, 9.17) is 16.3 Å². The van der Waals surface area contributed by atoms with Gasteiger partial charge >= 0.3 is 5.97 Å². The van der Waals surface area contributed by atoms with Gasteiger partial charge in [-0.1, -0.05) is 65.4 Å². The number of carbonyl (C=O) groups is 1. The van der Waals surface area contributed by atoms with E-state index in [-0.39, 0.29) is 17.7 Å². The first-order valence-corrected chi connectivity index (χ1v) is 14.3. The van der Waals surface area contributed by atoms with Crippen molar-refractivity contribution < 1.29 is 13.9 Å². The highest BCUT2D eigenvalue weighted by Gasteiger charge is 2.33. The van der Waals surface area contributed by atoms with Crippen LogP contribution in [0.3, 0.4) is 0 Å². The second-order valence-electron chi connectivity index (χ2n) is 9.71. The molecular formula is C32H25ClFN3O3S. The van der Waals surface area contributed by atoms with Crippen molar-refractivity contribution in [2.24, 2.45) is 4.99 Å². The minimum Gasteiger partial charge on any atom is -0.463 e. The fourth-order valence-corrected chi connectivity index (χ4v) is 6.36. The molecule has 0 fully saturated rings. The zero-order valence-corrected chi connectivity index (χ0v) is 23.9. The summed E-state index contributed by atoms with van der Waals surface area (Å²) in [5.41, 5.74) is 4.05. The van der Waals surface area contributed by atoms with Gasteiger partial charge in [-0.15, -0.1) is 0 Å². The number of thiazole rings is 1. The van der Waals surface area contributed by atoms with Crippen LogP contribution < -0.4 is 14.9 Å². The molecule has 0 amide bonds. The van der Waals surface area contributed by atoms with E-state index in [0.717, 1.165) is 22.0 Å². The molecule has 3 heterocycles. The number of aromatic nitrogens is 2. The number of ether oxygens (including phenoxy) is 1. The van der Waals surface area contributed by atoms with Gasteiger partial charge in [0.25, 0.3) is 5.56 Å². The molecule has 1 aliphatic heterocycles. The summed E-state index contributed by atoms with van der Waals surface area (Å²) in [6.07, 6.45) is 3.90. The van der Waals surface area contributed by atoms with Crippen LogP contribution in [-0.2, 0) is 16.1 Å². The Morgan fingerprint density at radius 3 is 2.56 bits per heavy atom. The van der Waals surface area contributed by atoms with Gasteiger partial charge in [0.1, 0.15) is 5.82 Å². The van der Waals surface area contributed by atoms with Crippen molar-refractivity contribution >= 4 is 45.9 Å². The van der Waals surface area contributed by atoms with Crippen molar-refractivity contribution in [1.29, 1.82) is 0 Å². The molecule has 6 rings (SSSR count). The van der Waals surface area contributed by atoms with Gasteiger partial charge in [0.05, 0.1) is 28.5 Å². The van der Waals surface area contributed by atoms with Gasteiger partial charge in [-0.3, -0.25) is 9.36 Å². The third-order valence-electron chi connectivity index (χ3n) is 7.07. The molecule has 0 bridgehead atoms. The lowest BCUT2D eigenvalue weighted by Crippen LogP contribution is -2.39. The molecule has 0 radical (unpaired) electrons. The lowest BCUT2D eigenvalue weighted by Gasteiger charge is -2.24. The van der Waals surface area contributed by atoms with Gasteiger partial charge in [-0.05, 0) is 61.4 Å². The first-order valence-electron chi connectivity index (χ1n) is 13.1. The number of benzene rings is 3. The lowest BCUT2D eigenvalue weighted by molar-refractivity contribution is -0.139. The van der Waals surface area contributed by atoms with Gasteiger partial charge in [0, 0.05) is 34.2 Å². The molecule has 9 heteroatoms. The summed E-state index contributed by atoms with van der Waals surface area (Å²) < 4.78 is 23.3. The summed E-state index contributed by atoms with van der Waals surface area (Å²) >= 11 is 7.33. The molecule has 0 aliphatic carbocycles. The second-order valence-corrected chi connectivity index (χ2v) is 11.2. The summed E-state index contributed by atoms with van der Waals surface area (Å²) in [4.78, 5) is 32.1. The average Bonchev–Trinajstić information content (AvgIpc) is 3.46. The number of fused-ring (bicyclic) bond motifs is 2.